The minimum atomic E-state index is -1.20. The molecule has 11 nitrogen and oxygen atoms in total. The second-order valence-corrected chi connectivity index (χ2v) is 14.3. The number of carbonyl (C=O) groups excluding carboxylic acids is 5. The number of aliphatic hydroxyl groups excluding tert-OH is 1. The number of ketones is 1. The number of Topliss-reactive ketones (excluding diaryl/α,β-unsaturated/α-hetero) is 1. The molecule has 0 bridgehead atoms. The van der Waals surface area contributed by atoms with Crippen LogP contribution in [0.5, 0.6) is 0 Å². The number of alkyl carbamates (subject to hydrolysis) is 1. The van der Waals surface area contributed by atoms with Crippen LogP contribution in [0.1, 0.15) is 93.9 Å². The van der Waals surface area contributed by atoms with Crippen LogP contribution in [-0.2, 0) is 23.9 Å². The highest BCUT2D eigenvalue weighted by Crippen LogP contribution is 2.35. The Hall–Kier alpha value is -2.34. The number of ether oxygens (including phenoxy) is 1. The molecule has 0 aromatic rings. The van der Waals surface area contributed by atoms with E-state index in [2.05, 4.69) is 21.3 Å². The maximum atomic E-state index is 13.5. The third kappa shape index (κ3) is 13.9. The first-order chi connectivity index (χ1) is 20.0. The molecule has 4 amide bonds. The quantitative estimate of drug-likeness (QED) is 0.153. The second-order valence-electron chi connectivity index (χ2n) is 13.3. The van der Waals surface area contributed by atoms with Gasteiger partial charge in [-0.1, -0.05) is 41.0 Å². The number of carbonyl (C=O) groups is 5. The fraction of sp³-hybridized carbons (Fsp3) is 0.839. The summed E-state index contributed by atoms with van der Waals surface area (Å²) in [7, 11) is 0. The van der Waals surface area contributed by atoms with Gasteiger partial charge in [0.2, 0.25) is 17.7 Å². The van der Waals surface area contributed by atoms with Gasteiger partial charge in [-0.05, 0) is 63.9 Å². The summed E-state index contributed by atoms with van der Waals surface area (Å²) in [5, 5.41) is 22.8. The summed E-state index contributed by atoms with van der Waals surface area (Å²) >= 11 is 1.53. The molecule has 1 saturated carbocycles. The monoisotopic (exact) mass is 628 g/mol. The summed E-state index contributed by atoms with van der Waals surface area (Å²) in [6.45, 7) is 15.3. The van der Waals surface area contributed by atoms with Crippen LogP contribution in [0.4, 0.5) is 4.79 Å². The Morgan fingerprint density at radius 3 is 2.21 bits per heavy atom. The Morgan fingerprint density at radius 2 is 1.67 bits per heavy atom. The average Bonchev–Trinajstić information content (AvgIpc) is 3.28. The Balaban J connectivity index is 3.14. The maximum absolute atomic E-state index is 13.5. The number of thioether (sulfide) groups is 1. The predicted molar refractivity (Wildman–Crippen MR) is 169 cm³/mol. The minimum Gasteiger partial charge on any atom is -0.444 e. The summed E-state index contributed by atoms with van der Waals surface area (Å²) < 4.78 is 5.34. The molecule has 12 heteroatoms. The van der Waals surface area contributed by atoms with Crippen LogP contribution in [-0.4, -0.2) is 83.1 Å². The van der Waals surface area contributed by atoms with Crippen LogP contribution in [0.3, 0.4) is 0 Å². The molecule has 0 spiro atoms. The van der Waals surface area contributed by atoms with E-state index in [0.29, 0.717) is 25.1 Å². The Labute approximate surface area is 262 Å². The van der Waals surface area contributed by atoms with Gasteiger partial charge in [0.25, 0.3) is 0 Å². The van der Waals surface area contributed by atoms with Crippen LogP contribution in [0.25, 0.3) is 0 Å². The van der Waals surface area contributed by atoms with E-state index in [1.807, 2.05) is 40.9 Å². The normalized spacial score (nSPS) is 19.9. The van der Waals surface area contributed by atoms with Crippen molar-refractivity contribution >= 4 is 41.4 Å². The van der Waals surface area contributed by atoms with E-state index in [4.69, 9.17) is 4.74 Å². The van der Waals surface area contributed by atoms with E-state index in [0.717, 1.165) is 12.8 Å². The van der Waals surface area contributed by atoms with Crippen molar-refractivity contribution in [3.05, 3.63) is 0 Å². The summed E-state index contributed by atoms with van der Waals surface area (Å²) in [6.07, 6.45) is 2.41. The third-order valence-corrected chi connectivity index (χ3v) is 8.01. The van der Waals surface area contributed by atoms with Gasteiger partial charge in [-0.25, -0.2) is 4.79 Å². The molecule has 1 aliphatic carbocycles. The number of rotatable bonds is 17. The Morgan fingerprint density at radius 1 is 1.02 bits per heavy atom. The van der Waals surface area contributed by atoms with Crippen LogP contribution < -0.4 is 21.3 Å². The van der Waals surface area contributed by atoms with Crippen LogP contribution >= 0.6 is 11.8 Å². The van der Waals surface area contributed by atoms with Gasteiger partial charge < -0.3 is 31.1 Å². The van der Waals surface area contributed by atoms with Crippen LogP contribution in [0.15, 0.2) is 0 Å². The zero-order chi connectivity index (χ0) is 32.9. The molecule has 0 heterocycles. The predicted octanol–water partition coefficient (Wildman–Crippen LogP) is 3.18. The largest absolute Gasteiger partial charge is 0.444 e. The lowest BCUT2D eigenvalue weighted by Gasteiger charge is -2.33. The highest BCUT2D eigenvalue weighted by Gasteiger charge is 2.45. The lowest BCUT2D eigenvalue weighted by atomic mass is 9.83. The van der Waals surface area contributed by atoms with Crippen molar-refractivity contribution < 1.29 is 33.8 Å². The lowest BCUT2D eigenvalue weighted by molar-refractivity contribution is -0.134. The van der Waals surface area contributed by atoms with Crippen molar-refractivity contribution in [2.75, 3.05) is 18.6 Å². The van der Waals surface area contributed by atoms with Gasteiger partial charge in [-0.2, -0.15) is 11.8 Å². The van der Waals surface area contributed by atoms with Gasteiger partial charge in [0, 0.05) is 25.3 Å². The van der Waals surface area contributed by atoms with Crippen molar-refractivity contribution in [1.82, 2.24) is 21.3 Å². The van der Waals surface area contributed by atoms with Crippen molar-refractivity contribution in [2.45, 2.75) is 124 Å². The molecule has 0 aromatic carbocycles. The minimum absolute atomic E-state index is 0.00910. The number of nitrogens with one attached hydrogen (secondary N) is 4. The van der Waals surface area contributed by atoms with Crippen molar-refractivity contribution in [2.24, 2.45) is 23.7 Å². The van der Waals surface area contributed by atoms with Gasteiger partial charge in [-0.3, -0.25) is 19.2 Å². The van der Waals surface area contributed by atoms with Crippen LogP contribution in [0, 0.1) is 23.7 Å². The molecule has 1 aliphatic rings. The van der Waals surface area contributed by atoms with Crippen LogP contribution in [0.2, 0.25) is 0 Å². The summed E-state index contributed by atoms with van der Waals surface area (Å²) in [6, 6.07) is -2.44. The number of aliphatic hydroxyl groups is 1. The fourth-order valence-corrected chi connectivity index (χ4v) is 5.62. The number of amides is 4. The molecule has 0 radical (unpaired) electrons. The first kappa shape index (κ1) is 38.7. The summed E-state index contributed by atoms with van der Waals surface area (Å²) in [5.74, 6) is -2.46. The molecule has 1 fully saturated rings. The summed E-state index contributed by atoms with van der Waals surface area (Å²) in [4.78, 5) is 64.8. The highest BCUT2D eigenvalue weighted by atomic mass is 32.2. The van der Waals surface area contributed by atoms with E-state index in [1.54, 1.807) is 20.8 Å². The molecule has 6 atom stereocenters. The van der Waals surface area contributed by atoms with Crippen molar-refractivity contribution in [1.29, 1.82) is 0 Å². The van der Waals surface area contributed by atoms with E-state index in [9.17, 15) is 29.1 Å². The van der Waals surface area contributed by atoms with Gasteiger partial charge >= 0.3 is 6.09 Å². The van der Waals surface area contributed by atoms with E-state index in [-0.39, 0.29) is 36.4 Å². The topological polar surface area (TPSA) is 163 Å². The molecular weight excluding hydrogens is 572 g/mol. The summed E-state index contributed by atoms with van der Waals surface area (Å²) in [5.41, 5.74) is -0.740. The van der Waals surface area contributed by atoms with Gasteiger partial charge in [-0.15, -0.1) is 0 Å². The molecule has 0 saturated heterocycles. The first-order valence-corrected chi connectivity index (χ1v) is 17.0. The standard InChI is InChI=1S/C31H56N4O7S/c1-10-11-13-32-29(40)25(19(4)5)35-27(38)22-17-20(36)16-21(22)26(37)24(15-18(2)3)33-28(39)23(12-14-43-9)34-30(41)42-31(6,7)8/h18-19,21-26,37H,10-17H2,1-9H3,(H,32,40)(H,33,39)(H,34,41)(H,35,38)/t21-,22-,23+,24+,25+,26+/m1/s1. The smallest absolute Gasteiger partial charge is 0.408 e. The van der Waals surface area contributed by atoms with E-state index in [1.165, 1.54) is 11.8 Å². The van der Waals surface area contributed by atoms with Gasteiger partial charge in [0.1, 0.15) is 23.5 Å². The second kappa shape index (κ2) is 18.5. The maximum Gasteiger partial charge on any atom is 0.408 e. The average molecular weight is 629 g/mol. The zero-order valence-electron chi connectivity index (χ0n) is 27.6. The molecule has 0 unspecified atom stereocenters. The molecule has 0 aromatic heterocycles. The van der Waals surface area contributed by atoms with Crippen molar-refractivity contribution in [3.8, 4) is 0 Å². The fourth-order valence-electron chi connectivity index (χ4n) is 5.15. The molecular formula is C31H56N4O7S. The third-order valence-electron chi connectivity index (χ3n) is 7.36. The Kier molecular flexibility index (Phi) is 16.6. The molecule has 5 N–H and O–H groups in total. The first-order valence-electron chi connectivity index (χ1n) is 15.6. The van der Waals surface area contributed by atoms with Gasteiger partial charge in [0.15, 0.2) is 0 Å². The SMILES string of the molecule is CCCCNC(=O)[C@@H](NC(=O)[C@@H]1CC(=O)C[C@H]1[C@H](O)[C@H](CC(C)C)NC(=O)[C@H](CCSC)NC(=O)OC(C)(C)C)C(C)C. The van der Waals surface area contributed by atoms with E-state index < -0.39 is 59.6 Å². The molecule has 0 aliphatic heterocycles. The highest BCUT2D eigenvalue weighted by molar-refractivity contribution is 7.98. The van der Waals surface area contributed by atoms with Gasteiger partial charge in [0.05, 0.1) is 18.1 Å². The van der Waals surface area contributed by atoms with Crippen molar-refractivity contribution in [3.63, 3.8) is 0 Å². The molecule has 1 rings (SSSR count). The lowest BCUT2D eigenvalue weighted by Crippen LogP contribution is -2.56. The number of hydrogen-bond acceptors (Lipinski definition) is 8. The zero-order valence-corrected chi connectivity index (χ0v) is 28.4. The number of unbranched alkanes of at least 4 members (excludes halogenated alkanes) is 1. The Bertz CT molecular complexity index is 938. The molecule has 43 heavy (non-hydrogen) atoms. The number of hydrogen-bond donors (Lipinski definition) is 5. The molecule has 248 valence electrons. The van der Waals surface area contributed by atoms with E-state index >= 15 is 0 Å².